The average molecular weight is 238 g/mol. The SMILES string of the molecule is COc1ccc(COCC[C@H](C)C(=O)O)cc1. The Morgan fingerprint density at radius 2 is 2.00 bits per heavy atom. The molecular weight excluding hydrogens is 220 g/mol. The number of hydrogen-bond acceptors (Lipinski definition) is 3. The molecular formula is C13H18O4. The predicted molar refractivity (Wildman–Crippen MR) is 64.1 cm³/mol. The maximum absolute atomic E-state index is 10.6. The van der Waals surface area contributed by atoms with Crippen molar-refractivity contribution in [1.82, 2.24) is 0 Å². The highest BCUT2D eigenvalue weighted by Gasteiger charge is 2.09. The summed E-state index contributed by atoms with van der Waals surface area (Å²) in [6.07, 6.45) is 0.533. The van der Waals surface area contributed by atoms with Crippen LogP contribution in [0.4, 0.5) is 0 Å². The largest absolute Gasteiger partial charge is 0.497 e. The molecule has 1 atom stereocenters. The molecule has 94 valence electrons. The first-order valence-electron chi connectivity index (χ1n) is 5.57. The lowest BCUT2D eigenvalue weighted by atomic mass is 10.1. The van der Waals surface area contributed by atoms with E-state index in [1.165, 1.54) is 0 Å². The Morgan fingerprint density at radius 1 is 1.35 bits per heavy atom. The average Bonchev–Trinajstić information content (AvgIpc) is 2.35. The van der Waals surface area contributed by atoms with Gasteiger partial charge < -0.3 is 14.6 Å². The van der Waals surface area contributed by atoms with Crippen molar-refractivity contribution in [2.45, 2.75) is 20.0 Å². The Bertz CT molecular complexity index is 345. The van der Waals surface area contributed by atoms with Crippen molar-refractivity contribution in [2.24, 2.45) is 5.92 Å². The van der Waals surface area contributed by atoms with Gasteiger partial charge in [-0.1, -0.05) is 19.1 Å². The maximum atomic E-state index is 10.6. The van der Waals surface area contributed by atoms with Crippen LogP contribution in [0.15, 0.2) is 24.3 Å². The van der Waals surface area contributed by atoms with E-state index in [0.717, 1.165) is 11.3 Å². The number of carboxylic acids is 1. The van der Waals surface area contributed by atoms with Crippen LogP contribution in [-0.2, 0) is 16.1 Å². The van der Waals surface area contributed by atoms with E-state index in [1.807, 2.05) is 24.3 Å². The highest BCUT2D eigenvalue weighted by atomic mass is 16.5. The Morgan fingerprint density at radius 3 is 2.53 bits per heavy atom. The molecule has 0 heterocycles. The quantitative estimate of drug-likeness (QED) is 0.741. The Labute approximate surface area is 101 Å². The van der Waals surface area contributed by atoms with Crippen molar-refractivity contribution in [3.63, 3.8) is 0 Å². The first kappa shape index (κ1) is 13.5. The molecule has 0 spiro atoms. The molecule has 0 aromatic heterocycles. The standard InChI is InChI=1S/C13H18O4/c1-10(13(14)15)7-8-17-9-11-3-5-12(16-2)6-4-11/h3-6,10H,7-9H2,1-2H3,(H,14,15)/t10-/m0/s1. The fourth-order valence-corrected chi connectivity index (χ4v) is 1.30. The van der Waals surface area contributed by atoms with Crippen molar-refractivity contribution in [2.75, 3.05) is 13.7 Å². The molecule has 0 radical (unpaired) electrons. The normalized spacial score (nSPS) is 12.1. The molecule has 0 fully saturated rings. The fraction of sp³-hybridized carbons (Fsp3) is 0.462. The molecule has 0 unspecified atom stereocenters. The number of benzene rings is 1. The van der Waals surface area contributed by atoms with Crippen LogP contribution in [0.2, 0.25) is 0 Å². The van der Waals surface area contributed by atoms with Crippen LogP contribution in [0.3, 0.4) is 0 Å². The minimum atomic E-state index is -0.780. The summed E-state index contributed by atoms with van der Waals surface area (Å²) < 4.78 is 10.5. The second-order valence-electron chi connectivity index (χ2n) is 3.93. The van der Waals surface area contributed by atoms with Crippen LogP contribution in [0.25, 0.3) is 0 Å². The number of carboxylic acid groups (broad SMARTS) is 1. The van der Waals surface area contributed by atoms with E-state index in [9.17, 15) is 4.79 Å². The maximum Gasteiger partial charge on any atom is 0.306 e. The molecule has 0 aliphatic rings. The van der Waals surface area contributed by atoms with Crippen LogP contribution in [-0.4, -0.2) is 24.8 Å². The first-order valence-corrected chi connectivity index (χ1v) is 5.57. The minimum absolute atomic E-state index is 0.356. The smallest absolute Gasteiger partial charge is 0.306 e. The van der Waals surface area contributed by atoms with E-state index in [-0.39, 0.29) is 5.92 Å². The molecule has 0 aliphatic carbocycles. The van der Waals surface area contributed by atoms with E-state index in [1.54, 1.807) is 14.0 Å². The zero-order chi connectivity index (χ0) is 12.7. The molecule has 1 aromatic carbocycles. The Balaban J connectivity index is 2.24. The van der Waals surface area contributed by atoms with Crippen molar-refractivity contribution in [1.29, 1.82) is 0 Å². The van der Waals surface area contributed by atoms with Gasteiger partial charge in [0.2, 0.25) is 0 Å². The second kappa shape index (κ2) is 6.91. The zero-order valence-electron chi connectivity index (χ0n) is 10.2. The summed E-state index contributed by atoms with van der Waals surface area (Å²) in [5.74, 6) is -0.322. The van der Waals surface area contributed by atoms with Gasteiger partial charge in [-0.3, -0.25) is 4.79 Å². The van der Waals surface area contributed by atoms with Crippen LogP contribution in [0, 0.1) is 5.92 Å². The summed E-state index contributed by atoms with van der Waals surface area (Å²) in [5.41, 5.74) is 1.05. The van der Waals surface area contributed by atoms with Crippen LogP contribution < -0.4 is 4.74 Å². The van der Waals surface area contributed by atoms with Gasteiger partial charge in [0, 0.05) is 6.61 Å². The Hall–Kier alpha value is -1.55. The lowest BCUT2D eigenvalue weighted by molar-refractivity contribution is -0.141. The number of aliphatic carboxylic acids is 1. The van der Waals surface area contributed by atoms with E-state index in [4.69, 9.17) is 14.6 Å². The molecule has 4 heteroatoms. The minimum Gasteiger partial charge on any atom is -0.497 e. The highest BCUT2D eigenvalue weighted by Crippen LogP contribution is 2.12. The molecule has 0 aliphatic heterocycles. The number of rotatable bonds is 7. The lowest BCUT2D eigenvalue weighted by Crippen LogP contribution is -2.12. The van der Waals surface area contributed by atoms with Crippen molar-refractivity contribution >= 4 is 5.97 Å². The van der Waals surface area contributed by atoms with Crippen molar-refractivity contribution in [3.8, 4) is 5.75 Å². The molecule has 1 aromatic rings. The van der Waals surface area contributed by atoms with Gasteiger partial charge in [0.1, 0.15) is 5.75 Å². The fourth-order valence-electron chi connectivity index (χ4n) is 1.30. The second-order valence-corrected chi connectivity index (χ2v) is 3.93. The summed E-state index contributed by atoms with van der Waals surface area (Å²) in [4.78, 5) is 10.6. The number of methoxy groups -OCH3 is 1. The lowest BCUT2D eigenvalue weighted by Gasteiger charge is -2.07. The predicted octanol–water partition coefficient (Wildman–Crippen LogP) is 2.32. The van der Waals surface area contributed by atoms with E-state index in [0.29, 0.717) is 19.6 Å². The molecule has 0 bridgehead atoms. The first-order chi connectivity index (χ1) is 8.13. The highest BCUT2D eigenvalue weighted by molar-refractivity contribution is 5.69. The summed E-state index contributed by atoms with van der Waals surface area (Å²) in [6, 6.07) is 7.61. The third-order valence-electron chi connectivity index (χ3n) is 2.54. The topological polar surface area (TPSA) is 55.8 Å². The summed E-state index contributed by atoms with van der Waals surface area (Å²) in [6.45, 7) is 2.63. The number of hydrogen-bond donors (Lipinski definition) is 1. The van der Waals surface area contributed by atoms with Crippen LogP contribution in [0.1, 0.15) is 18.9 Å². The summed E-state index contributed by atoms with van der Waals surface area (Å²) in [7, 11) is 1.62. The molecule has 4 nitrogen and oxygen atoms in total. The van der Waals surface area contributed by atoms with Crippen molar-refractivity contribution in [3.05, 3.63) is 29.8 Å². The molecule has 0 saturated heterocycles. The third kappa shape index (κ3) is 4.87. The zero-order valence-corrected chi connectivity index (χ0v) is 10.2. The number of ether oxygens (including phenoxy) is 2. The molecule has 1 rings (SSSR count). The van der Waals surface area contributed by atoms with Gasteiger partial charge >= 0.3 is 5.97 Å². The molecule has 0 amide bonds. The monoisotopic (exact) mass is 238 g/mol. The van der Waals surface area contributed by atoms with E-state index < -0.39 is 5.97 Å². The van der Waals surface area contributed by atoms with Gasteiger partial charge in [-0.15, -0.1) is 0 Å². The van der Waals surface area contributed by atoms with Gasteiger partial charge in [-0.25, -0.2) is 0 Å². The van der Waals surface area contributed by atoms with Gasteiger partial charge in [0.05, 0.1) is 19.6 Å². The van der Waals surface area contributed by atoms with Gasteiger partial charge in [-0.2, -0.15) is 0 Å². The number of carbonyl (C=O) groups is 1. The van der Waals surface area contributed by atoms with E-state index in [2.05, 4.69) is 0 Å². The van der Waals surface area contributed by atoms with Crippen LogP contribution in [0.5, 0.6) is 5.75 Å². The van der Waals surface area contributed by atoms with Gasteiger partial charge in [0.25, 0.3) is 0 Å². The van der Waals surface area contributed by atoms with E-state index >= 15 is 0 Å². The third-order valence-corrected chi connectivity index (χ3v) is 2.54. The van der Waals surface area contributed by atoms with Crippen molar-refractivity contribution < 1.29 is 19.4 Å². The van der Waals surface area contributed by atoms with Crippen LogP contribution >= 0.6 is 0 Å². The van der Waals surface area contributed by atoms with Gasteiger partial charge in [0.15, 0.2) is 0 Å². The van der Waals surface area contributed by atoms with Gasteiger partial charge in [-0.05, 0) is 24.1 Å². The summed E-state index contributed by atoms with van der Waals surface area (Å²) >= 11 is 0. The molecule has 1 N–H and O–H groups in total. The Kier molecular flexibility index (Phi) is 5.49. The molecule has 17 heavy (non-hydrogen) atoms. The molecule has 0 saturated carbocycles. The summed E-state index contributed by atoms with van der Waals surface area (Å²) in [5, 5.41) is 8.69.